The number of hydrogen-bond donors (Lipinski definition) is 4. The molecular formula is C21H23F2N3O5. The third kappa shape index (κ3) is 4.24. The van der Waals surface area contributed by atoms with Crippen molar-refractivity contribution in [1.82, 2.24) is 10.2 Å². The fraction of sp³-hybridized carbons (Fsp3) is 0.333. The van der Waals surface area contributed by atoms with E-state index in [1.165, 1.54) is 49.5 Å². The molecule has 1 unspecified atom stereocenters. The molecule has 1 aliphatic rings. The zero-order valence-corrected chi connectivity index (χ0v) is 17.4. The second-order valence-electron chi connectivity index (χ2n) is 7.64. The molecule has 1 aliphatic carbocycles. The largest absolute Gasteiger partial charge is 0.505 e. The van der Waals surface area contributed by atoms with Crippen LogP contribution in [-0.4, -0.2) is 52.9 Å². The van der Waals surface area contributed by atoms with E-state index in [2.05, 4.69) is 10.6 Å². The second kappa shape index (κ2) is 8.03. The molecule has 0 radical (unpaired) electrons. The van der Waals surface area contributed by atoms with Crippen molar-refractivity contribution >= 4 is 17.4 Å². The first-order valence-electron chi connectivity index (χ1n) is 9.38. The molecule has 0 saturated heterocycles. The van der Waals surface area contributed by atoms with Crippen molar-refractivity contribution in [1.29, 1.82) is 0 Å². The van der Waals surface area contributed by atoms with E-state index in [-0.39, 0.29) is 28.4 Å². The Hall–Kier alpha value is -3.40. The minimum atomic E-state index is -3.29. The van der Waals surface area contributed by atoms with Gasteiger partial charge in [-0.2, -0.15) is 0 Å². The van der Waals surface area contributed by atoms with Gasteiger partial charge in [0, 0.05) is 21.0 Å². The number of nitrogens with one attached hydrogen (secondary N) is 2. The first-order chi connectivity index (χ1) is 14.4. The second-order valence-corrected chi connectivity index (χ2v) is 7.64. The topological polar surface area (TPSA) is 115 Å². The number of anilines is 1. The first-order valence-corrected chi connectivity index (χ1v) is 9.38. The lowest BCUT2D eigenvalue weighted by Crippen LogP contribution is -2.49. The molecule has 1 amide bonds. The Kier molecular flexibility index (Phi) is 5.77. The summed E-state index contributed by atoms with van der Waals surface area (Å²) in [6, 6.07) is 4.08. The van der Waals surface area contributed by atoms with Crippen molar-refractivity contribution < 1.29 is 33.0 Å². The van der Waals surface area contributed by atoms with E-state index >= 15 is 0 Å². The van der Waals surface area contributed by atoms with Gasteiger partial charge in [0.15, 0.2) is 11.9 Å². The fourth-order valence-corrected chi connectivity index (χ4v) is 3.14. The third-order valence-corrected chi connectivity index (χ3v) is 4.81. The third-order valence-electron chi connectivity index (χ3n) is 4.81. The highest BCUT2D eigenvalue weighted by atomic mass is 19.3. The number of phenolic OH excluding ortho intramolecular Hbond substituents is 1. The van der Waals surface area contributed by atoms with Crippen LogP contribution in [0.15, 0.2) is 46.3 Å². The molecular weight excluding hydrogens is 412 g/mol. The molecule has 1 aromatic carbocycles. The molecule has 1 heterocycles. The van der Waals surface area contributed by atoms with E-state index in [0.717, 1.165) is 0 Å². The maximum Gasteiger partial charge on any atom is 0.272 e. The minimum absolute atomic E-state index is 0.0101. The van der Waals surface area contributed by atoms with Gasteiger partial charge in [-0.1, -0.05) is 6.07 Å². The van der Waals surface area contributed by atoms with Crippen LogP contribution in [0, 0.1) is 6.92 Å². The Labute approximate surface area is 177 Å². The van der Waals surface area contributed by atoms with E-state index in [1.54, 1.807) is 6.92 Å². The highest BCUT2D eigenvalue weighted by Gasteiger charge is 2.45. The van der Waals surface area contributed by atoms with Gasteiger partial charge in [-0.15, -0.1) is 0 Å². The van der Waals surface area contributed by atoms with E-state index in [9.17, 15) is 28.6 Å². The van der Waals surface area contributed by atoms with Crippen molar-refractivity contribution in [3.63, 3.8) is 0 Å². The molecule has 8 nitrogen and oxygen atoms in total. The number of aryl methyl sites for hydroxylation is 1. The molecule has 0 aliphatic heterocycles. The van der Waals surface area contributed by atoms with Gasteiger partial charge in [0.05, 0.1) is 23.2 Å². The average molecular weight is 435 g/mol. The molecule has 2 atom stereocenters. The SMILES string of the molecule is Cc1coc([C@H](NC2=C(Nc3cccc(C(=O)N(C)C)c3O)C(=O)C2O)C(C)(F)F)c1. The van der Waals surface area contributed by atoms with Gasteiger partial charge in [-0.25, -0.2) is 8.78 Å². The minimum Gasteiger partial charge on any atom is -0.505 e. The van der Waals surface area contributed by atoms with Crippen LogP contribution in [-0.2, 0) is 4.79 Å². The Morgan fingerprint density at radius 3 is 2.55 bits per heavy atom. The summed E-state index contributed by atoms with van der Waals surface area (Å²) in [5.41, 5.74) is 0.261. The number of carbonyl (C=O) groups is 2. The lowest BCUT2D eigenvalue weighted by molar-refractivity contribution is -0.125. The Balaban J connectivity index is 1.95. The molecule has 10 heteroatoms. The van der Waals surface area contributed by atoms with Crippen molar-refractivity contribution in [2.75, 3.05) is 19.4 Å². The van der Waals surface area contributed by atoms with E-state index < -0.39 is 35.5 Å². The van der Waals surface area contributed by atoms with Crippen LogP contribution < -0.4 is 10.6 Å². The van der Waals surface area contributed by atoms with Crippen LogP contribution in [0.2, 0.25) is 0 Å². The number of phenols is 1. The fourth-order valence-electron chi connectivity index (χ4n) is 3.14. The standard InChI is InChI=1S/C21H23F2N3O5/c1-10-8-13(31-9-10)19(21(2,22)23)25-15-14(17(28)18(15)29)24-12-7-5-6-11(16(12)27)20(30)26(3)4/h5-9,18-19,24-25,27,29H,1-4H3/t18?,19-/m0/s1. The molecule has 2 aromatic rings. The number of nitrogens with zero attached hydrogens (tertiary/aromatic N) is 1. The van der Waals surface area contributed by atoms with Gasteiger partial charge in [0.1, 0.15) is 17.5 Å². The van der Waals surface area contributed by atoms with Gasteiger partial charge < -0.3 is 30.2 Å². The summed E-state index contributed by atoms with van der Waals surface area (Å²) in [5, 5.41) is 25.6. The summed E-state index contributed by atoms with van der Waals surface area (Å²) >= 11 is 0. The molecule has 3 rings (SSSR count). The molecule has 4 N–H and O–H groups in total. The molecule has 0 bridgehead atoms. The van der Waals surface area contributed by atoms with Crippen LogP contribution in [0.25, 0.3) is 0 Å². The molecule has 0 fully saturated rings. The Morgan fingerprint density at radius 1 is 1.32 bits per heavy atom. The van der Waals surface area contributed by atoms with Crippen molar-refractivity contribution in [2.45, 2.75) is 31.9 Å². The van der Waals surface area contributed by atoms with E-state index in [4.69, 9.17) is 4.42 Å². The number of furan rings is 1. The van der Waals surface area contributed by atoms with Gasteiger partial charge in [-0.05, 0) is 30.7 Å². The van der Waals surface area contributed by atoms with Crippen LogP contribution in [0.4, 0.5) is 14.5 Å². The molecule has 0 saturated carbocycles. The smallest absolute Gasteiger partial charge is 0.272 e. The predicted octanol–water partition coefficient (Wildman–Crippen LogP) is 2.55. The van der Waals surface area contributed by atoms with Crippen LogP contribution in [0.1, 0.15) is 34.6 Å². The molecule has 0 spiro atoms. The van der Waals surface area contributed by atoms with Gasteiger partial charge in [0.2, 0.25) is 5.78 Å². The number of aliphatic hydroxyl groups is 1. The Morgan fingerprint density at radius 2 is 2.00 bits per heavy atom. The first kappa shape index (κ1) is 22.3. The number of aromatic hydroxyl groups is 1. The molecule has 31 heavy (non-hydrogen) atoms. The number of hydrogen-bond acceptors (Lipinski definition) is 7. The number of aliphatic hydroxyl groups excluding tert-OH is 1. The van der Waals surface area contributed by atoms with Crippen molar-refractivity contribution in [2.24, 2.45) is 0 Å². The molecule has 1 aromatic heterocycles. The van der Waals surface area contributed by atoms with Gasteiger partial charge in [0.25, 0.3) is 11.8 Å². The summed E-state index contributed by atoms with van der Waals surface area (Å²) in [6.45, 7) is 2.36. The predicted molar refractivity (Wildman–Crippen MR) is 108 cm³/mol. The summed E-state index contributed by atoms with van der Waals surface area (Å²) in [5.74, 6) is -4.99. The summed E-state index contributed by atoms with van der Waals surface area (Å²) in [7, 11) is 3.03. The number of benzene rings is 1. The number of carbonyl (C=O) groups excluding carboxylic acids is 2. The van der Waals surface area contributed by atoms with Gasteiger partial charge >= 0.3 is 0 Å². The number of amides is 1. The number of Topliss-reactive ketones (excluding diaryl/α,β-unsaturated/α-hetero) is 1. The highest BCUT2D eigenvalue weighted by Crippen LogP contribution is 2.37. The zero-order valence-electron chi connectivity index (χ0n) is 17.4. The quantitative estimate of drug-likeness (QED) is 0.494. The van der Waals surface area contributed by atoms with Crippen LogP contribution >= 0.6 is 0 Å². The van der Waals surface area contributed by atoms with Gasteiger partial charge in [-0.3, -0.25) is 9.59 Å². The molecule has 166 valence electrons. The average Bonchev–Trinajstić information content (AvgIpc) is 3.12. The lowest BCUT2D eigenvalue weighted by Gasteiger charge is -2.34. The highest BCUT2D eigenvalue weighted by molar-refractivity contribution is 6.11. The summed E-state index contributed by atoms with van der Waals surface area (Å²) < 4.78 is 33.7. The number of alkyl halides is 2. The van der Waals surface area contributed by atoms with E-state index in [1.807, 2.05) is 0 Å². The number of rotatable bonds is 7. The number of halogens is 2. The monoisotopic (exact) mass is 435 g/mol. The maximum atomic E-state index is 14.2. The zero-order chi connectivity index (χ0) is 23.1. The van der Waals surface area contributed by atoms with Crippen molar-refractivity contribution in [3.8, 4) is 5.75 Å². The van der Waals surface area contributed by atoms with Crippen LogP contribution in [0.5, 0.6) is 5.75 Å². The lowest BCUT2D eigenvalue weighted by atomic mass is 9.93. The number of para-hydroxylation sites is 1. The summed E-state index contributed by atoms with van der Waals surface area (Å²) in [6.07, 6.45) is -0.325. The van der Waals surface area contributed by atoms with E-state index in [0.29, 0.717) is 12.5 Å². The van der Waals surface area contributed by atoms with Crippen LogP contribution in [0.3, 0.4) is 0 Å². The summed E-state index contributed by atoms with van der Waals surface area (Å²) in [4.78, 5) is 25.7. The maximum absolute atomic E-state index is 14.2. The Bertz CT molecular complexity index is 1060. The van der Waals surface area contributed by atoms with Crippen molar-refractivity contribution in [3.05, 3.63) is 58.8 Å². The number of ketones is 1. The normalized spacial score (nSPS) is 17.3.